The van der Waals surface area contributed by atoms with Gasteiger partial charge >= 0.3 is 6.03 Å². The van der Waals surface area contributed by atoms with Crippen molar-refractivity contribution in [2.75, 3.05) is 13.6 Å². The number of hydrogen-bond donors (Lipinski definition) is 3. The number of carbonyl (C=O) groups excluding carboxylic acids is 1. The molecule has 13 heavy (non-hydrogen) atoms. The van der Waals surface area contributed by atoms with E-state index in [9.17, 15) is 4.79 Å². The summed E-state index contributed by atoms with van der Waals surface area (Å²) in [7, 11) is 1.58. The molecule has 0 saturated heterocycles. The van der Waals surface area contributed by atoms with E-state index in [-0.39, 0.29) is 6.03 Å². The van der Waals surface area contributed by atoms with E-state index in [2.05, 4.69) is 25.8 Å². The number of nitrogens with one attached hydrogen (secondary N) is 3. The van der Waals surface area contributed by atoms with Crippen LogP contribution in [0.2, 0.25) is 0 Å². The highest BCUT2D eigenvalue weighted by Crippen LogP contribution is 1.90. The Balaban J connectivity index is 2.24. The molecule has 0 fully saturated rings. The quantitative estimate of drug-likeness (QED) is 0.595. The lowest BCUT2D eigenvalue weighted by molar-refractivity contribution is 0.243. The van der Waals surface area contributed by atoms with Gasteiger partial charge in [0.1, 0.15) is 5.82 Å². The van der Waals surface area contributed by atoms with Crippen LogP contribution < -0.4 is 10.6 Å². The molecular formula is C7H13N5O. The van der Waals surface area contributed by atoms with Crippen LogP contribution in [-0.2, 0) is 6.42 Å². The Morgan fingerprint density at radius 2 is 2.38 bits per heavy atom. The van der Waals surface area contributed by atoms with Gasteiger partial charge in [-0.05, 0) is 6.92 Å². The minimum absolute atomic E-state index is 0.188. The summed E-state index contributed by atoms with van der Waals surface area (Å²) in [4.78, 5) is 14.8. The molecule has 0 atom stereocenters. The summed E-state index contributed by atoms with van der Waals surface area (Å²) in [5.74, 6) is 1.50. The van der Waals surface area contributed by atoms with Gasteiger partial charge in [-0.25, -0.2) is 9.78 Å². The Morgan fingerprint density at radius 3 is 2.92 bits per heavy atom. The first-order valence-electron chi connectivity index (χ1n) is 4.06. The van der Waals surface area contributed by atoms with Crippen LogP contribution in [-0.4, -0.2) is 34.8 Å². The van der Waals surface area contributed by atoms with Crippen molar-refractivity contribution in [3.05, 3.63) is 11.6 Å². The number of aromatic nitrogens is 3. The predicted octanol–water partition coefficient (Wildman–Crippen LogP) is -0.415. The smallest absolute Gasteiger partial charge is 0.314 e. The number of aromatic amines is 1. The molecule has 0 saturated carbocycles. The SMILES string of the molecule is CNC(=O)NCCc1n[nH]c(C)n1. The molecule has 0 aliphatic carbocycles. The second-order valence-electron chi connectivity index (χ2n) is 2.59. The Hall–Kier alpha value is -1.59. The molecule has 1 heterocycles. The lowest BCUT2D eigenvalue weighted by Gasteiger charge is -2.00. The molecule has 0 aliphatic rings. The van der Waals surface area contributed by atoms with Gasteiger partial charge in [0.05, 0.1) is 0 Å². The van der Waals surface area contributed by atoms with Crippen LogP contribution in [0, 0.1) is 6.92 Å². The van der Waals surface area contributed by atoms with Gasteiger partial charge in [-0.2, -0.15) is 5.10 Å². The second kappa shape index (κ2) is 4.44. The van der Waals surface area contributed by atoms with Crippen molar-refractivity contribution in [1.82, 2.24) is 25.8 Å². The number of rotatable bonds is 3. The minimum Gasteiger partial charge on any atom is -0.341 e. The van der Waals surface area contributed by atoms with Crippen LogP contribution >= 0.6 is 0 Å². The summed E-state index contributed by atoms with van der Waals surface area (Å²) >= 11 is 0. The Labute approximate surface area is 76.1 Å². The molecular weight excluding hydrogens is 170 g/mol. The number of urea groups is 1. The van der Waals surface area contributed by atoms with Gasteiger partial charge in [0.2, 0.25) is 0 Å². The van der Waals surface area contributed by atoms with Crippen molar-refractivity contribution in [2.45, 2.75) is 13.3 Å². The van der Waals surface area contributed by atoms with Crippen molar-refractivity contribution in [3.63, 3.8) is 0 Å². The fourth-order valence-electron chi connectivity index (χ4n) is 0.877. The lowest BCUT2D eigenvalue weighted by atomic mass is 10.4. The first-order valence-corrected chi connectivity index (χ1v) is 4.06. The van der Waals surface area contributed by atoms with E-state index in [1.54, 1.807) is 7.05 Å². The van der Waals surface area contributed by atoms with Gasteiger partial charge in [0.15, 0.2) is 5.82 Å². The molecule has 1 rings (SSSR count). The van der Waals surface area contributed by atoms with Crippen molar-refractivity contribution in [1.29, 1.82) is 0 Å². The summed E-state index contributed by atoms with van der Waals surface area (Å²) in [6.07, 6.45) is 0.637. The molecule has 0 aliphatic heterocycles. The molecule has 3 N–H and O–H groups in total. The van der Waals surface area contributed by atoms with Crippen molar-refractivity contribution in [2.24, 2.45) is 0 Å². The summed E-state index contributed by atoms with van der Waals surface area (Å²) in [6.45, 7) is 2.37. The van der Waals surface area contributed by atoms with Crippen LogP contribution in [0.3, 0.4) is 0 Å². The van der Waals surface area contributed by atoms with Crippen LogP contribution in [0.15, 0.2) is 0 Å². The number of hydrogen-bond acceptors (Lipinski definition) is 3. The van der Waals surface area contributed by atoms with Gasteiger partial charge in [-0.1, -0.05) is 0 Å². The second-order valence-corrected chi connectivity index (χ2v) is 2.59. The average Bonchev–Trinajstić information content (AvgIpc) is 2.51. The summed E-state index contributed by atoms with van der Waals surface area (Å²) in [5.41, 5.74) is 0. The molecule has 0 bridgehead atoms. The first-order chi connectivity index (χ1) is 6.22. The van der Waals surface area contributed by atoms with Crippen LogP contribution in [0.4, 0.5) is 4.79 Å². The minimum atomic E-state index is -0.188. The zero-order chi connectivity index (χ0) is 9.68. The van der Waals surface area contributed by atoms with Crippen molar-refractivity contribution >= 4 is 6.03 Å². The molecule has 0 unspecified atom stereocenters. The molecule has 6 heteroatoms. The molecule has 1 aromatic heterocycles. The Kier molecular flexibility index (Phi) is 3.24. The zero-order valence-electron chi connectivity index (χ0n) is 7.72. The van der Waals surface area contributed by atoms with Crippen LogP contribution in [0.1, 0.15) is 11.6 Å². The summed E-state index contributed by atoms with van der Waals surface area (Å²) in [6, 6.07) is -0.188. The van der Waals surface area contributed by atoms with E-state index in [0.717, 1.165) is 5.82 Å². The molecule has 6 nitrogen and oxygen atoms in total. The van der Waals surface area contributed by atoms with E-state index in [0.29, 0.717) is 18.8 Å². The van der Waals surface area contributed by atoms with Gasteiger partial charge in [0, 0.05) is 20.0 Å². The molecule has 0 radical (unpaired) electrons. The molecule has 0 spiro atoms. The van der Waals surface area contributed by atoms with Gasteiger partial charge in [-0.15, -0.1) is 0 Å². The molecule has 0 aromatic carbocycles. The number of aryl methyl sites for hydroxylation is 1. The normalized spacial score (nSPS) is 9.69. The fourth-order valence-corrected chi connectivity index (χ4v) is 0.877. The largest absolute Gasteiger partial charge is 0.341 e. The van der Waals surface area contributed by atoms with E-state index in [1.807, 2.05) is 6.92 Å². The van der Waals surface area contributed by atoms with Crippen molar-refractivity contribution in [3.8, 4) is 0 Å². The number of H-pyrrole nitrogens is 1. The maximum atomic E-state index is 10.7. The van der Waals surface area contributed by atoms with E-state index in [4.69, 9.17) is 0 Å². The zero-order valence-corrected chi connectivity index (χ0v) is 7.72. The third kappa shape index (κ3) is 3.10. The monoisotopic (exact) mass is 183 g/mol. The Morgan fingerprint density at radius 1 is 1.62 bits per heavy atom. The maximum Gasteiger partial charge on any atom is 0.314 e. The van der Waals surface area contributed by atoms with Gasteiger partial charge in [-0.3, -0.25) is 5.10 Å². The number of amides is 2. The van der Waals surface area contributed by atoms with Crippen LogP contribution in [0.5, 0.6) is 0 Å². The highest BCUT2D eigenvalue weighted by molar-refractivity contribution is 5.73. The van der Waals surface area contributed by atoms with Crippen molar-refractivity contribution < 1.29 is 4.79 Å². The summed E-state index contributed by atoms with van der Waals surface area (Å²) in [5, 5.41) is 11.8. The lowest BCUT2D eigenvalue weighted by Crippen LogP contribution is -2.34. The highest BCUT2D eigenvalue weighted by Gasteiger charge is 2.00. The third-order valence-electron chi connectivity index (χ3n) is 1.50. The fraction of sp³-hybridized carbons (Fsp3) is 0.571. The highest BCUT2D eigenvalue weighted by atomic mass is 16.2. The molecule has 1 aromatic rings. The topological polar surface area (TPSA) is 82.7 Å². The predicted molar refractivity (Wildman–Crippen MR) is 47.3 cm³/mol. The van der Waals surface area contributed by atoms with E-state index >= 15 is 0 Å². The standard InChI is InChI=1S/C7H13N5O/c1-5-10-6(12-11-5)3-4-9-7(13)8-2/h3-4H2,1-2H3,(H2,8,9,13)(H,10,11,12). The third-order valence-corrected chi connectivity index (χ3v) is 1.50. The maximum absolute atomic E-state index is 10.7. The van der Waals surface area contributed by atoms with Gasteiger partial charge < -0.3 is 10.6 Å². The molecule has 72 valence electrons. The number of nitrogens with zero attached hydrogens (tertiary/aromatic N) is 2. The van der Waals surface area contributed by atoms with E-state index < -0.39 is 0 Å². The number of carbonyl (C=O) groups is 1. The first kappa shape index (κ1) is 9.50. The van der Waals surface area contributed by atoms with E-state index in [1.165, 1.54) is 0 Å². The summed E-state index contributed by atoms with van der Waals surface area (Å²) < 4.78 is 0. The molecule has 2 amide bonds. The average molecular weight is 183 g/mol. The van der Waals surface area contributed by atoms with Gasteiger partial charge in [0.25, 0.3) is 0 Å². The Bertz CT molecular complexity index is 282. The van der Waals surface area contributed by atoms with Crippen LogP contribution in [0.25, 0.3) is 0 Å².